The van der Waals surface area contributed by atoms with Gasteiger partial charge >= 0.3 is 0 Å². The highest BCUT2D eigenvalue weighted by Gasteiger charge is 2.27. The molecule has 0 amide bonds. The van der Waals surface area contributed by atoms with Crippen molar-refractivity contribution in [3.8, 4) is 0 Å². The minimum Gasteiger partial charge on any atom is -0.385 e. The van der Waals surface area contributed by atoms with Gasteiger partial charge in [-0.2, -0.15) is 0 Å². The van der Waals surface area contributed by atoms with Gasteiger partial charge in [0.15, 0.2) is 0 Å². The molecule has 2 heteroatoms. The van der Waals surface area contributed by atoms with Crippen LogP contribution in [0.15, 0.2) is 0 Å². The van der Waals surface area contributed by atoms with E-state index in [2.05, 4.69) is 5.32 Å². The zero-order valence-electron chi connectivity index (χ0n) is 11.4. The third-order valence-corrected chi connectivity index (χ3v) is 4.49. The van der Waals surface area contributed by atoms with Gasteiger partial charge in [0.25, 0.3) is 0 Å². The van der Waals surface area contributed by atoms with Crippen LogP contribution in [0.5, 0.6) is 0 Å². The molecule has 2 aliphatic rings. The van der Waals surface area contributed by atoms with Crippen LogP contribution in [0.2, 0.25) is 0 Å². The Hall–Kier alpha value is -0.0800. The largest absolute Gasteiger partial charge is 0.385 e. The maximum atomic E-state index is 5.14. The molecule has 0 saturated heterocycles. The Labute approximate surface area is 107 Å². The smallest absolute Gasteiger partial charge is 0.0462 e. The molecule has 2 fully saturated rings. The van der Waals surface area contributed by atoms with Gasteiger partial charge in [0.05, 0.1) is 0 Å². The van der Waals surface area contributed by atoms with Gasteiger partial charge in [-0.25, -0.2) is 0 Å². The lowest BCUT2D eigenvalue weighted by atomic mass is 9.86. The first-order chi connectivity index (χ1) is 8.40. The molecule has 0 heterocycles. The van der Waals surface area contributed by atoms with Gasteiger partial charge in [-0.15, -0.1) is 0 Å². The minimum atomic E-state index is 0.873. The average Bonchev–Trinajstić information content (AvgIpc) is 3.01. The van der Waals surface area contributed by atoms with Crippen molar-refractivity contribution in [3.63, 3.8) is 0 Å². The van der Waals surface area contributed by atoms with Gasteiger partial charge in [0.2, 0.25) is 0 Å². The fraction of sp³-hybridized carbons (Fsp3) is 1.00. The Balaban J connectivity index is 1.65. The molecule has 1 atom stereocenters. The van der Waals surface area contributed by atoms with Crippen molar-refractivity contribution in [2.75, 3.05) is 20.3 Å². The normalized spacial score (nSPS) is 23.1. The van der Waals surface area contributed by atoms with Gasteiger partial charge in [-0.1, -0.05) is 32.1 Å². The predicted octanol–water partition coefficient (Wildman–Crippen LogP) is 3.36. The molecule has 0 aromatic rings. The molecular weight excluding hydrogens is 210 g/mol. The number of nitrogens with one attached hydrogen (secondary N) is 1. The Morgan fingerprint density at radius 2 is 1.88 bits per heavy atom. The van der Waals surface area contributed by atoms with Gasteiger partial charge in [-0.3, -0.25) is 0 Å². The molecule has 2 saturated carbocycles. The monoisotopic (exact) mass is 239 g/mol. The van der Waals surface area contributed by atoms with Crippen LogP contribution in [0.25, 0.3) is 0 Å². The van der Waals surface area contributed by atoms with Gasteiger partial charge in [0, 0.05) is 19.8 Å². The van der Waals surface area contributed by atoms with Crippen LogP contribution in [-0.4, -0.2) is 26.3 Å². The van der Waals surface area contributed by atoms with Crippen LogP contribution in [0.4, 0.5) is 0 Å². The van der Waals surface area contributed by atoms with Crippen molar-refractivity contribution >= 4 is 0 Å². The number of unbranched alkanes of at least 4 members (excludes halogenated alkanes) is 1. The van der Waals surface area contributed by atoms with E-state index in [9.17, 15) is 0 Å². The van der Waals surface area contributed by atoms with Crippen LogP contribution in [0.1, 0.15) is 57.8 Å². The molecule has 1 unspecified atom stereocenters. The van der Waals surface area contributed by atoms with Crippen molar-refractivity contribution < 1.29 is 4.74 Å². The van der Waals surface area contributed by atoms with Crippen molar-refractivity contribution in [2.45, 2.75) is 63.8 Å². The lowest BCUT2D eigenvalue weighted by Crippen LogP contribution is -2.29. The number of hydrogen-bond acceptors (Lipinski definition) is 2. The number of methoxy groups -OCH3 is 1. The summed E-state index contributed by atoms with van der Waals surface area (Å²) in [6.07, 6.45) is 12.8. The summed E-state index contributed by atoms with van der Waals surface area (Å²) in [6.45, 7) is 2.22. The first kappa shape index (κ1) is 13.4. The van der Waals surface area contributed by atoms with Crippen molar-refractivity contribution in [1.29, 1.82) is 0 Å². The summed E-state index contributed by atoms with van der Waals surface area (Å²) in [7, 11) is 1.81. The van der Waals surface area contributed by atoms with Gasteiger partial charge in [0.1, 0.15) is 0 Å². The first-order valence-electron chi connectivity index (χ1n) is 7.62. The molecule has 2 rings (SSSR count). The number of rotatable bonds is 9. The highest BCUT2D eigenvalue weighted by Crippen LogP contribution is 2.34. The molecule has 2 nitrogen and oxygen atoms in total. The zero-order valence-corrected chi connectivity index (χ0v) is 11.4. The quantitative estimate of drug-likeness (QED) is 0.623. The molecule has 1 N–H and O–H groups in total. The van der Waals surface area contributed by atoms with E-state index < -0.39 is 0 Å². The van der Waals surface area contributed by atoms with Crippen LogP contribution in [0.3, 0.4) is 0 Å². The molecule has 100 valence electrons. The fourth-order valence-corrected chi connectivity index (χ4v) is 3.19. The van der Waals surface area contributed by atoms with Crippen LogP contribution in [-0.2, 0) is 4.74 Å². The SMILES string of the molecule is COCCCCC(CNC1CC1)C1CCCC1. The highest BCUT2D eigenvalue weighted by molar-refractivity contribution is 4.84. The van der Waals surface area contributed by atoms with Crippen LogP contribution < -0.4 is 5.32 Å². The van der Waals surface area contributed by atoms with Crippen molar-refractivity contribution in [1.82, 2.24) is 5.32 Å². The van der Waals surface area contributed by atoms with E-state index in [-0.39, 0.29) is 0 Å². The van der Waals surface area contributed by atoms with Gasteiger partial charge in [-0.05, 0) is 44.1 Å². The Bertz CT molecular complexity index is 197. The summed E-state index contributed by atoms with van der Waals surface area (Å²) >= 11 is 0. The average molecular weight is 239 g/mol. The summed E-state index contributed by atoms with van der Waals surface area (Å²) in [5.41, 5.74) is 0. The van der Waals surface area contributed by atoms with E-state index in [1.54, 1.807) is 0 Å². The van der Waals surface area contributed by atoms with Crippen LogP contribution >= 0.6 is 0 Å². The standard InChI is InChI=1S/C15H29NO/c1-17-11-5-4-8-14(12-16-15-9-10-15)13-6-2-3-7-13/h13-16H,2-12H2,1H3. The molecule has 0 spiro atoms. The van der Waals surface area contributed by atoms with E-state index >= 15 is 0 Å². The third-order valence-electron chi connectivity index (χ3n) is 4.49. The van der Waals surface area contributed by atoms with E-state index in [0.717, 1.165) is 24.5 Å². The summed E-state index contributed by atoms with van der Waals surface area (Å²) in [4.78, 5) is 0. The van der Waals surface area contributed by atoms with Crippen molar-refractivity contribution in [3.05, 3.63) is 0 Å². The zero-order chi connectivity index (χ0) is 11.9. The second kappa shape index (κ2) is 7.38. The first-order valence-corrected chi connectivity index (χ1v) is 7.62. The summed E-state index contributed by atoms with van der Waals surface area (Å²) in [5.74, 6) is 1.96. The molecule has 17 heavy (non-hydrogen) atoms. The van der Waals surface area contributed by atoms with E-state index in [4.69, 9.17) is 4.74 Å². The minimum absolute atomic E-state index is 0.873. The molecule has 0 aromatic carbocycles. The molecule has 0 aromatic heterocycles. The topological polar surface area (TPSA) is 21.3 Å². The highest BCUT2D eigenvalue weighted by atomic mass is 16.5. The molecule has 0 aliphatic heterocycles. The maximum absolute atomic E-state index is 5.14. The Morgan fingerprint density at radius 1 is 1.12 bits per heavy atom. The van der Waals surface area contributed by atoms with E-state index in [1.807, 2.05) is 7.11 Å². The summed E-state index contributed by atoms with van der Waals surface area (Å²) < 4.78 is 5.14. The van der Waals surface area contributed by atoms with E-state index in [0.29, 0.717) is 0 Å². The fourth-order valence-electron chi connectivity index (χ4n) is 3.19. The number of hydrogen-bond donors (Lipinski definition) is 1. The van der Waals surface area contributed by atoms with Crippen LogP contribution in [0, 0.1) is 11.8 Å². The summed E-state index contributed by atoms with van der Waals surface area (Å²) in [6, 6.07) is 0.873. The van der Waals surface area contributed by atoms with E-state index in [1.165, 1.54) is 64.3 Å². The Kier molecular flexibility index (Phi) is 5.79. The third kappa shape index (κ3) is 4.97. The molecular formula is C15H29NO. The molecule has 2 aliphatic carbocycles. The second-order valence-corrected chi connectivity index (χ2v) is 5.98. The maximum Gasteiger partial charge on any atom is 0.0462 e. The lowest BCUT2D eigenvalue weighted by molar-refractivity contribution is 0.186. The molecule has 0 bridgehead atoms. The summed E-state index contributed by atoms with van der Waals surface area (Å²) in [5, 5.41) is 3.74. The Morgan fingerprint density at radius 3 is 2.53 bits per heavy atom. The van der Waals surface area contributed by atoms with Gasteiger partial charge < -0.3 is 10.1 Å². The predicted molar refractivity (Wildman–Crippen MR) is 72.2 cm³/mol. The molecule has 0 radical (unpaired) electrons. The lowest BCUT2D eigenvalue weighted by Gasteiger charge is -2.24. The second-order valence-electron chi connectivity index (χ2n) is 5.98. The number of ether oxygens (including phenoxy) is 1. The van der Waals surface area contributed by atoms with Crippen molar-refractivity contribution in [2.24, 2.45) is 11.8 Å².